The summed E-state index contributed by atoms with van der Waals surface area (Å²) in [5.41, 5.74) is 1.35. The van der Waals surface area contributed by atoms with Gasteiger partial charge in [-0.25, -0.2) is 19.3 Å². The molecule has 0 radical (unpaired) electrons. The Morgan fingerprint density at radius 1 is 1.30 bits per heavy atom. The Bertz CT molecular complexity index is 815. The molecule has 0 unspecified atom stereocenters. The predicted molar refractivity (Wildman–Crippen MR) is 104 cm³/mol. The molecule has 8 heteroatoms. The summed E-state index contributed by atoms with van der Waals surface area (Å²) in [5, 5.41) is 8.02. The maximum atomic E-state index is 12.2. The highest BCUT2D eigenvalue weighted by Crippen LogP contribution is 2.23. The smallest absolute Gasteiger partial charge is 0.410 e. The molecule has 0 bridgehead atoms. The fourth-order valence-electron chi connectivity index (χ4n) is 3.22. The number of fused-ring (bicyclic) bond motifs is 1. The lowest BCUT2D eigenvalue weighted by Gasteiger charge is -2.33. The zero-order valence-electron chi connectivity index (χ0n) is 17.1. The second-order valence-corrected chi connectivity index (χ2v) is 8.47. The summed E-state index contributed by atoms with van der Waals surface area (Å²) in [6, 6.07) is 0.237. The van der Waals surface area contributed by atoms with Crippen LogP contribution >= 0.6 is 0 Å². The minimum Gasteiger partial charge on any atom is -0.444 e. The van der Waals surface area contributed by atoms with Gasteiger partial charge in [-0.3, -0.25) is 0 Å². The topological polar surface area (TPSA) is 84.7 Å². The third kappa shape index (κ3) is 4.48. The van der Waals surface area contributed by atoms with E-state index in [1.54, 1.807) is 4.90 Å². The van der Waals surface area contributed by atoms with Crippen LogP contribution in [0, 0.1) is 6.92 Å². The van der Waals surface area contributed by atoms with Crippen LogP contribution in [0.3, 0.4) is 0 Å². The number of hydrogen-bond acceptors (Lipinski definition) is 6. The van der Waals surface area contributed by atoms with Crippen molar-refractivity contribution in [1.82, 2.24) is 24.5 Å². The first-order valence-electron chi connectivity index (χ1n) is 9.61. The lowest BCUT2D eigenvalue weighted by molar-refractivity contribution is 0.0210. The number of amides is 1. The van der Waals surface area contributed by atoms with Crippen LogP contribution < -0.4 is 5.32 Å². The minimum absolute atomic E-state index is 0.237. The first-order valence-corrected chi connectivity index (χ1v) is 9.61. The van der Waals surface area contributed by atoms with E-state index in [1.807, 2.05) is 38.4 Å². The normalized spacial score (nSPS) is 16.2. The largest absolute Gasteiger partial charge is 0.444 e. The van der Waals surface area contributed by atoms with Crippen LogP contribution in [0.1, 0.15) is 64.9 Å². The van der Waals surface area contributed by atoms with Gasteiger partial charge in [-0.1, -0.05) is 13.8 Å². The third-order valence-corrected chi connectivity index (χ3v) is 4.57. The summed E-state index contributed by atoms with van der Waals surface area (Å²) in [4.78, 5) is 23.1. The van der Waals surface area contributed by atoms with Gasteiger partial charge in [0.1, 0.15) is 11.4 Å². The van der Waals surface area contributed by atoms with Crippen molar-refractivity contribution >= 4 is 17.6 Å². The second kappa shape index (κ2) is 7.32. The van der Waals surface area contributed by atoms with Gasteiger partial charge in [0.25, 0.3) is 0 Å². The highest BCUT2D eigenvalue weighted by Gasteiger charge is 2.27. The van der Waals surface area contributed by atoms with Crippen LogP contribution in [0.15, 0.2) is 6.20 Å². The average molecular weight is 374 g/mol. The molecule has 0 aromatic carbocycles. The van der Waals surface area contributed by atoms with Gasteiger partial charge in [0.15, 0.2) is 11.5 Å². The number of nitrogens with zero attached hydrogens (tertiary/aromatic N) is 5. The Morgan fingerprint density at radius 2 is 1.96 bits per heavy atom. The van der Waals surface area contributed by atoms with E-state index in [0.717, 1.165) is 30.0 Å². The summed E-state index contributed by atoms with van der Waals surface area (Å²) < 4.78 is 7.34. The third-order valence-electron chi connectivity index (χ3n) is 4.57. The quantitative estimate of drug-likeness (QED) is 0.887. The summed E-state index contributed by atoms with van der Waals surface area (Å²) in [6.07, 6.45) is 3.30. The van der Waals surface area contributed by atoms with Crippen molar-refractivity contribution in [3.8, 4) is 0 Å². The van der Waals surface area contributed by atoms with Gasteiger partial charge in [0.05, 0.1) is 11.9 Å². The molecule has 27 heavy (non-hydrogen) atoms. The van der Waals surface area contributed by atoms with E-state index in [4.69, 9.17) is 4.74 Å². The maximum absolute atomic E-state index is 12.2. The van der Waals surface area contributed by atoms with Gasteiger partial charge in [0, 0.05) is 19.1 Å². The number of aromatic nitrogens is 4. The SMILES string of the molecule is Cc1nc(NC2CCN(C(=O)OC(C)(C)C)CC2)c2ncc(C(C)C)n2n1. The van der Waals surface area contributed by atoms with Crippen molar-refractivity contribution < 1.29 is 9.53 Å². The molecule has 8 nitrogen and oxygen atoms in total. The predicted octanol–water partition coefficient (Wildman–Crippen LogP) is 3.37. The summed E-state index contributed by atoms with van der Waals surface area (Å²) >= 11 is 0. The van der Waals surface area contributed by atoms with Crippen LogP contribution in [-0.2, 0) is 4.74 Å². The van der Waals surface area contributed by atoms with Crippen LogP contribution in [-0.4, -0.2) is 55.3 Å². The van der Waals surface area contributed by atoms with E-state index in [2.05, 4.69) is 34.2 Å². The first-order chi connectivity index (χ1) is 12.6. The molecule has 1 fully saturated rings. The van der Waals surface area contributed by atoms with E-state index in [0.29, 0.717) is 24.8 Å². The number of nitrogens with one attached hydrogen (secondary N) is 1. The zero-order chi connectivity index (χ0) is 19.8. The number of imidazole rings is 1. The molecule has 1 aliphatic rings. The molecule has 2 aromatic heterocycles. The van der Waals surface area contributed by atoms with Crippen molar-refractivity contribution in [1.29, 1.82) is 0 Å². The number of likely N-dealkylation sites (tertiary alicyclic amines) is 1. The average Bonchev–Trinajstić information content (AvgIpc) is 2.98. The number of anilines is 1. The molecule has 3 rings (SSSR count). The lowest BCUT2D eigenvalue weighted by Crippen LogP contribution is -2.44. The molecule has 148 valence electrons. The number of carbonyl (C=O) groups excluding carboxylic acids is 1. The molecule has 2 aromatic rings. The first kappa shape index (κ1) is 19.4. The van der Waals surface area contributed by atoms with Gasteiger partial charge < -0.3 is 15.0 Å². The number of aryl methyl sites for hydroxylation is 1. The molecular formula is C19H30N6O2. The molecule has 0 atom stereocenters. The number of rotatable bonds is 3. The molecule has 3 heterocycles. The molecule has 0 saturated carbocycles. The van der Waals surface area contributed by atoms with Crippen LogP contribution in [0.4, 0.5) is 10.6 Å². The van der Waals surface area contributed by atoms with E-state index >= 15 is 0 Å². The summed E-state index contributed by atoms with van der Waals surface area (Å²) in [7, 11) is 0. The van der Waals surface area contributed by atoms with Gasteiger partial charge >= 0.3 is 6.09 Å². The van der Waals surface area contributed by atoms with Gasteiger partial charge in [-0.2, -0.15) is 5.10 Å². The fourth-order valence-corrected chi connectivity index (χ4v) is 3.22. The maximum Gasteiger partial charge on any atom is 0.410 e. The van der Waals surface area contributed by atoms with Gasteiger partial charge in [-0.15, -0.1) is 0 Å². The van der Waals surface area contributed by atoms with Gasteiger partial charge in [-0.05, 0) is 46.5 Å². The Kier molecular flexibility index (Phi) is 5.26. The van der Waals surface area contributed by atoms with Crippen molar-refractivity contribution in [2.45, 2.75) is 71.9 Å². The van der Waals surface area contributed by atoms with Crippen molar-refractivity contribution in [2.75, 3.05) is 18.4 Å². The van der Waals surface area contributed by atoms with Crippen LogP contribution in [0.2, 0.25) is 0 Å². The molecular weight excluding hydrogens is 344 g/mol. The Morgan fingerprint density at radius 3 is 2.56 bits per heavy atom. The zero-order valence-corrected chi connectivity index (χ0v) is 17.1. The van der Waals surface area contributed by atoms with Crippen molar-refractivity contribution in [3.05, 3.63) is 17.7 Å². The Labute approximate surface area is 160 Å². The number of piperidine rings is 1. The van der Waals surface area contributed by atoms with E-state index in [1.165, 1.54) is 0 Å². The molecule has 1 N–H and O–H groups in total. The number of hydrogen-bond donors (Lipinski definition) is 1. The number of ether oxygens (including phenoxy) is 1. The lowest BCUT2D eigenvalue weighted by atomic mass is 10.1. The van der Waals surface area contributed by atoms with Crippen molar-refractivity contribution in [3.63, 3.8) is 0 Å². The highest BCUT2D eigenvalue weighted by atomic mass is 16.6. The molecule has 0 spiro atoms. The summed E-state index contributed by atoms with van der Waals surface area (Å²) in [5.74, 6) is 1.79. The van der Waals surface area contributed by atoms with Gasteiger partial charge in [0.2, 0.25) is 0 Å². The monoisotopic (exact) mass is 374 g/mol. The second-order valence-electron chi connectivity index (χ2n) is 8.47. The van der Waals surface area contributed by atoms with E-state index in [9.17, 15) is 4.79 Å². The fraction of sp³-hybridized carbons (Fsp3) is 0.684. The molecule has 1 saturated heterocycles. The van der Waals surface area contributed by atoms with Crippen molar-refractivity contribution in [2.24, 2.45) is 0 Å². The highest BCUT2D eigenvalue weighted by molar-refractivity contribution is 5.68. The molecule has 0 aliphatic carbocycles. The van der Waals surface area contributed by atoms with E-state index in [-0.39, 0.29) is 12.1 Å². The summed E-state index contributed by atoms with van der Waals surface area (Å²) in [6.45, 7) is 13.1. The number of carbonyl (C=O) groups is 1. The van der Waals surface area contributed by atoms with Crippen LogP contribution in [0.25, 0.3) is 5.65 Å². The van der Waals surface area contributed by atoms with E-state index < -0.39 is 5.60 Å². The van der Waals surface area contributed by atoms with Crippen LogP contribution in [0.5, 0.6) is 0 Å². The Hall–Kier alpha value is -2.38. The standard InChI is InChI=1S/C19H30N6O2/c1-12(2)15-11-20-17-16(21-13(3)23-25(15)17)22-14-7-9-24(10-8-14)18(26)27-19(4,5)6/h11-12,14H,7-10H2,1-6H3,(H,21,22,23). The molecule has 1 amide bonds. The minimum atomic E-state index is -0.467. The molecule has 1 aliphatic heterocycles. The Balaban J connectivity index is 1.68.